The predicted molar refractivity (Wildman–Crippen MR) is 62.2 cm³/mol. The van der Waals surface area contributed by atoms with Gasteiger partial charge in [-0.05, 0) is 24.8 Å². The van der Waals surface area contributed by atoms with Crippen LogP contribution in [0, 0.1) is 17.3 Å². The highest BCUT2D eigenvalue weighted by Crippen LogP contribution is 2.58. The summed E-state index contributed by atoms with van der Waals surface area (Å²) in [7, 11) is 0. The average Bonchev–Trinajstić information content (AvgIpc) is 2.85. The van der Waals surface area contributed by atoms with Crippen molar-refractivity contribution in [2.45, 2.75) is 39.2 Å². The van der Waals surface area contributed by atoms with Crippen LogP contribution >= 0.6 is 0 Å². The molecule has 17 heavy (non-hydrogen) atoms. The van der Waals surface area contributed by atoms with E-state index in [1.165, 1.54) is 6.42 Å². The van der Waals surface area contributed by atoms with E-state index in [0.29, 0.717) is 5.92 Å². The molecular weight excluding hydrogens is 216 g/mol. The SMILES string of the molecule is C[C@H]1CCC[C@@]2(C)[C@H](c3ccoc3)OC(=O)[C@@H]12. The number of hydrogen-bond acceptors (Lipinski definition) is 3. The molecule has 1 saturated heterocycles. The minimum absolute atomic E-state index is 0.0223. The summed E-state index contributed by atoms with van der Waals surface area (Å²) >= 11 is 0. The van der Waals surface area contributed by atoms with E-state index in [0.717, 1.165) is 18.4 Å². The largest absolute Gasteiger partial charge is 0.472 e. The summed E-state index contributed by atoms with van der Waals surface area (Å²) in [6.45, 7) is 4.36. The minimum atomic E-state index is -0.124. The van der Waals surface area contributed by atoms with Gasteiger partial charge in [-0.1, -0.05) is 20.3 Å². The molecule has 4 atom stereocenters. The van der Waals surface area contributed by atoms with Crippen molar-refractivity contribution in [3.05, 3.63) is 24.2 Å². The quantitative estimate of drug-likeness (QED) is 0.700. The van der Waals surface area contributed by atoms with E-state index in [1.807, 2.05) is 6.07 Å². The Morgan fingerprint density at radius 1 is 1.47 bits per heavy atom. The molecule has 0 N–H and O–H groups in total. The first-order valence-corrected chi connectivity index (χ1v) is 6.35. The zero-order valence-corrected chi connectivity index (χ0v) is 10.3. The molecule has 2 aliphatic rings. The molecule has 3 rings (SSSR count). The Hall–Kier alpha value is -1.25. The Morgan fingerprint density at radius 2 is 2.29 bits per heavy atom. The van der Waals surface area contributed by atoms with Crippen LogP contribution in [0.25, 0.3) is 0 Å². The Kier molecular flexibility index (Phi) is 2.32. The maximum absolute atomic E-state index is 12.1. The molecule has 0 unspecified atom stereocenters. The molecule has 2 fully saturated rings. The van der Waals surface area contributed by atoms with Crippen LogP contribution in [0.2, 0.25) is 0 Å². The van der Waals surface area contributed by atoms with E-state index in [4.69, 9.17) is 9.15 Å². The standard InChI is InChI=1S/C14H18O3/c1-9-4-3-6-14(2)11(9)13(15)17-12(14)10-5-7-16-8-10/h5,7-9,11-12H,3-4,6H2,1-2H3/t9-,11+,12-,14+/m0/s1. The molecule has 0 radical (unpaired) electrons. The molecule has 1 saturated carbocycles. The van der Waals surface area contributed by atoms with Gasteiger partial charge in [0.05, 0.1) is 18.4 Å². The van der Waals surface area contributed by atoms with Gasteiger partial charge < -0.3 is 9.15 Å². The third kappa shape index (κ3) is 1.44. The summed E-state index contributed by atoms with van der Waals surface area (Å²) in [4.78, 5) is 12.1. The van der Waals surface area contributed by atoms with Crippen LogP contribution in [-0.2, 0) is 9.53 Å². The molecule has 0 spiro atoms. The summed E-state index contributed by atoms with van der Waals surface area (Å²) in [5.41, 5.74) is 0.941. The maximum Gasteiger partial charge on any atom is 0.310 e. The van der Waals surface area contributed by atoms with Gasteiger partial charge in [0.2, 0.25) is 0 Å². The number of cyclic esters (lactones) is 1. The fourth-order valence-electron chi connectivity index (χ4n) is 3.77. The summed E-state index contributed by atoms with van der Waals surface area (Å²) in [6.07, 6.45) is 6.59. The molecular formula is C14H18O3. The molecule has 92 valence electrons. The first-order chi connectivity index (χ1) is 8.13. The number of furan rings is 1. The number of carbonyl (C=O) groups excluding carboxylic acids is 1. The summed E-state index contributed by atoms with van der Waals surface area (Å²) in [5.74, 6) is 0.459. The van der Waals surface area contributed by atoms with Crippen molar-refractivity contribution < 1.29 is 13.9 Å². The molecule has 1 aliphatic carbocycles. The van der Waals surface area contributed by atoms with Crippen LogP contribution in [0.1, 0.15) is 44.8 Å². The number of esters is 1. The van der Waals surface area contributed by atoms with E-state index < -0.39 is 0 Å². The summed E-state index contributed by atoms with van der Waals surface area (Å²) < 4.78 is 10.7. The second-order valence-electron chi connectivity index (χ2n) is 5.73. The second-order valence-corrected chi connectivity index (χ2v) is 5.73. The Morgan fingerprint density at radius 3 is 3.00 bits per heavy atom. The molecule has 1 aliphatic heterocycles. The molecule has 0 bridgehead atoms. The van der Waals surface area contributed by atoms with E-state index >= 15 is 0 Å². The van der Waals surface area contributed by atoms with Crippen molar-refractivity contribution in [2.75, 3.05) is 0 Å². The van der Waals surface area contributed by atoms with Gasteiger partial charge in [-0.25, -0.2) is 0 Å². The topological polar surface area (TPSA) is 39.4 Å². The molecule has 1 aromatic heterocycles. The molecule has 3 heteroatoms. The lowest BCUT2D eigenvalue weighted by Gasteiger charge is -2.39. The number of rotatable bonds is 1. The summed E-state index contributed by atoms with van der Waals surface area (Å²) in [6, 6.07) is 1.91. The smallest absolute Gasteiger partial charge is 0.310 e. The Balaban J connectivity index is 2.00. The van der Waals surface area contributed by atoms with Crippen molar-refractivity contribution in [2.24, 2.45) is 17.3 Å². The highest BCUT2D eigenvalue weighted by Gasteiger charge is 2.57. The molecule has 0 amide bonds. The highest BCUT2D eigenvalue weighted by molar-refractivity contribution is 5.77. The average molecular weight is 234 g/mol. The van der Waals surface area contributed by atoms with Gasteiger partial charge in [-0.3, -0.25) is 4.79 Å². The van der Waals surface area contributed by atoms with Gasteiger partial charge in [0.1, 0.15) is 6.10 Å². The lowest BCUT2D eigenvalue weighted by atomic mass is 9.61. The predicted octanol–water partition coefficient (Wildman–Crippen LogP) is 3.32. The maximum atomic E-state index is 12.1. The van der Waals surface area contributed by atoms with Gasteiger partial charge in [0.25, 0.3) is 0 Å². The first-order valence-electron chi connectivity index (χ1n) is 6.35. The van der Waals surface area contributed by atoms with Crippen molar-refractivity contribution in [3.8, 4) is 0 Å². The Bertz CT molecular complexity index is 423. The molecule has 1 aromatic rings. The van der Waals surface area contributed by atoms with Gasteiger partial charge in [0.15, 0.2) is 0 Å². The molecule has 2 heterocycles. The van der Waals surface area contributed by atoms with Gasteiger partial charge >= 0.3 is 5.97 Å². The van der Waals surface area contributed by atoms with Crippen molar-refractivity contribution in [1.29, 1.82) is 0 Å². The van der Waals surface area contributed by atoms with Gasteiger partial charge in [0, 0.05) is 11.0 Å². The van der Waals surface area contributed by atoms with Crippen LogP contribution in [-0.4, -0.2) is 5.97 Å². The van der Waals surface area contributed by atoms with Crippen LogP contribution < -0.4 is 0 Å². The second kappa shape index (κ2) is 3.62. The number of carbonyl (C=O) groups is 1. The van der Waals surface area contributed by atoms with Crippen molar-refractivity contribution in [3.63, 3.8) is 0 Å². The van der Waals surface area contributed by atoms with Crippen LogP contribution in [0.4, 0.5) is 0 Å². The monoisotopic (exact) mass is 234 g/mol. The summed E-state index contributed by atoms with van der Waals surface area (Å²) in [5, 5.41) is 0. The fraction of sp³-hybridized carbons (Fsp3) is 0.643. The highest BCUT2D eigenvalue weighted by atomic mass is 16.6. The van der Waals surface area contributed by atoms with E-state index in [1.54, 1.807) is 12.5 Å². The van der Waals surface area contributed by atoms with E-state index in [9.17, 15) is 4.79 Å². The Labute approximate surface area is 101 Å². The van der Waals surface area contributed by atoms with E-state index in [2.05, 4.69) is 13.8 Å². The van der Waals surface area contributed by atoms with Crippen LogP contribution in [0.15, 0.2) is 23.0 Å². The number of hydrogen-bond donors (Lipinski definition) is 0. The zero-order chi connectivity index (χ0) is 12.0. The van der Waals surface area contributed by atoms with Crippen molar-refractivity contribution in [1.82, 2.24) is 0 Å². The van der Waals surface area contributed by atoms with Gasteiger partial charge in [-0.15, -0.1) is 0 Å². The first kappa shape index (κ1) is 10.9. The van der Waals surface area contributed by atoms with Gasteiger partial charge in [-0.2, -0.15) is 0 Å². The number of ether oxygens (including phenoxy) is 1. The fourth-order valence-corrected chi connectivity index (χ4v) is 3.77. The number of fused-ring (bicyclic) bond motifs is 1. The van der Waals surface area contributed by atoms with Crippen LogP contribution in [0.5, 0.6) is 0 Å². The zero-order valence-electron chi connectivity index (χ0n) is 10.3. The van der Waals surface area contributed by atoms with E-state index in [-0.39, 0.29) is 23.4 Å². The third-order valence-electron chi connectivity index (χ3n) is 4.59. The lowest BCUT2D eigenvalue weighted by Crippen LogP contribution is -2.37. The molecule has 3 nitrogen and oxygen atoms in total. The third-order valence-corrected chi connectivity index (χ3v) is 4.59. The normalized spacial score (nSPS) is 41.1. The molecule has 0 aromatic carbocycles. The minimum Gasteiger partial charge on any atom is -0.472 e. The van der Waals surface area contributed by atoms with Crippen LogP contribution in [0.3, 0.4) is 0 Å². The van der Waals surface area contributed by atoms with Crippen molar-refractivity contribution >= 4 is 5.97 Å². The lowest BCUT2D eigenvalue weighted by molar-refractivity contribution is -0.145.